The Balaban J connectivity index is 1.85. The molecule has 0 bridgehead atoms. The summed E-state index contributed by atoms with van der Waals surface area (Å²) in [5, 5.41) is 12.5. The summed E-state index contributed by atoms with van der Waals surface area (Å²) >= 11 is 1.22. The van der Waals surface area contributed by atoms with E-state index >= 15 is 0 Å². The number of nitro benzene ring substituents is 1. The van der Waals surface area contributed by atoms with Crippen molar-refractivity contribution in [3.05, 3.63) is 103 Å². The second-order valence-corrected chi connectivity index (χ2v) is 8.54. The molecule has 4 rings (SSSR count). The van der Waals surface area contributed by atoms with Gasteiger partial charge < -0.3 is 5.73 Å². The van der Waals surface area contributed by atoms with Gasteiger partial charge in [-0.25, -0.2) is 4.98 Å². The lowest BCUT2D eigenvalue weighted by atomic mass is 10.1. The van der Waals surface area contributed by atoms with Crippen LogP contribution in [-0.4, -0.2) is 20.4 Å². The number of fused-ring (bicyclic) bond motifs is 1. The van der Waals surface area contributed by atoms with Crippen molar-refractivity contribution in [2.75, 3.05) is 0 Å². The molecule has 4 aromatic rings. The molecule has 33 heavy (non-hydrogen) atoms. The zero-order valence-corrected chi connectivity index (χ0v) is 18.8. The molecule has 8 nitrogen and oxygen atoms in total. The molecule has 0 radical (unpaired) electrons. The number of hydrogen-bond acceptors (Lipinski definition) is 6. The molecule has 0 atom stereocenters. The van der Waals surface area contributed by atoms with Gasteiger partial charge in [0.25, 0.3) is 11.2 Å². The number of nitro groups is 1. The van der Waals surface area contributed by atoms with Crippen LogP contribution in [-0.2, 0) is 5.75 Å². The lowest BCUT2D eigenvalue weighted by molar-refractivity contribution is -0.385. The SMILES string of the molecule is Cc1ccc(C)c(-n2c(SCc3ccc(C(N)=O)cc3[N+](=O)[O-])nc3ccccc3c2=O)c1. The van der Waals surface area contributed by atoms with Crippen molar-refractivity contribution in [1.29, 1.82) is 0 Å². The Kier molecular flexibility index (Phi) is 5.97. The maximum atomic E-state index is 13.5. The Hall–Kier alpha value is -3.98. The van der Waals surface area contributed by atoms with Gasteiger partial charge in [0.15, 0.2) is 5.16 Å². The van der Waals surface area contributed by atoms with Crippen LogP contribution in [0.1, 0.15) is 27.0 Å². The van der Waals surface area contributed by atoms with E-state index in [0.29, 0.717) is 27.3 Å². The highest BCUT2D eigenvalue weighted by atomic mass is 32.2. The molecule has 3 aromatic carbocycles. The fourth-order valence-corrected chi connectivity index (χ4v) is 4.54. The Labute approximate surface area is 193 Å². The van der Waals surface area contributed by atoms with Gasteiger partial charge in [-0.1, -0.05) is 42.1 Å². The summed E-state index contributed by atoms with van der Waals surface area (Å²) < 4.78 is 1.55. The molecule has 1 heterocycles. The molecule has 0 unspecified atom stereocenters. The monoisotopic (exact) mass is 460 g/mol. The third-order valence-electron chi connectivity index (χ3n) is 5.27. The average molecular weight is 461 g/mol. The van der Waals surface area contributed by atoms with Gasteiger partial charge >= 0.3 is 0 Å². The molecule has 166 valence electrons. The summed E-state index contributed by atoms with van der Waals surface area (Å²) in [6.45, 7) is 3.86. The first-order chi connectivity index (χ1) is 15.8. The fraction of sp³-hybridized carbons (Fsp3) is 0.125. The first kappa shape index (κ1) is 22.2. The highest BCUT2D eigenvalue weighted by Gasteiger charge is 2.19. The molecular weight excluding hydrogens is 440 g/mol. The third kappa shape index (κ3) is 4.35. The first-order valence-corrected chi connectivity index (χ1v) is 11.0. The molecule has 0 aliphatic heterocycles. The maximum Gasteiger partial charge on any atom is 0.274 e. The molecule has 9 heteroatoms. The zero-order valence-electron chi connectivity index (χ0n) is 17.9. The lowest BCUT2D eigenvalue weighted by Crippen LogP contribution is -2.22. The Morgan fingerprint density at radius 3 is 2.61 bits per heavy atom. The Bertz CT molecular complexity index is 1480. The maximum absolute atomic E-state index is 13.5. The van der Waals surface area contributed by atoms with Crippen molar-refractivity contribution in [2.24, 2.45) is 5.73 Å². The van der Waals surface area contributed by atoms with E-state index in [9.17, 15) is 19.7 Å². The van der Waals surface area contributed by atoms with Gasteiger partial charge in [0.2, 0.25) is 5.91 Å². The van der Waals surface area contributed by atoms with E-state index in [1.807, 2.05) is 32.0 Å². The molecule has 0 aliphatic carbocycles. The number of carbonyl (C=O) groups is 1. The molecule has 1 aromatic heterocycles. The highest BCUT2D eigenvalue weighted by Crippen LogP contribution is 2.30. The lowest BCUT2D eigenvalue weighted by Gasteiger charge is -2.16. The van der Waals surface area contributed by atoms with Gasteiger partial charge in [-0.15, -0.1) is 0 Å². The molecule has 0 spiro atoms. The Morgan fingerprint density at radius 2 is 1.88 bits per heavy atom. The highest BCUT2D eigenvalue weighted by molar-refractivity contribution is 7.98. The summed E-state index contributed by atoms with van der Waals surface area (Å²) in [5.41, 5.74) is 8.44. The van der Waals surface area contributed by atoms with Crippen molar-refractivity contribution < 1.29 is 9.72 Å². The van der Waals surface area contributed by atoms with Crippen LogP contribution in [0.2, 0.25) is 0 Å². The molecule has 0 saturated carbocycles. The summed E-state index contributed by atoms with van der Waals surface area (Å²) in [6, 6.07) is 17.0. The van der Waals surface area contributed by atoms with E-state index in [0.717, 1.165) is 11.1 Å². The van der Waals surface area contributed by atoms with Crippen LogP contribution in [0, 0.1) is 24.0 Å². The number of carbonyl (C=O) groups excluding carboxylic acids is 1. The number of hydrogen-bond donors (Lipinski definition) is 1. The van der Waals surface area contributed by atoms with Gasteiger partial charge in [0, 0.05) is 22.9 Å². The van der Waals surface area contributed by atoms with E-state index in [1.54, 1.807) is 28.8 Å². The zero-order chi connectivity index (χ0) is 23.7. The molecule has 0 fully saturated rings. The fourth-order valence-electron chi connectivity index (χ4n) is 3.53. The topological polar surface area (TPSA) is 121 Å². The number of thioether (sulfide) groups is 1. The number of nitrogens with two attached hydrogens (primary N) is 1. The molecule has 1 amide bonds. The number of aromatic nitrogens is 2. The third-order valence-corrected chi connectivity index (χ3v) is 6.26. The number of benzene rings is 3. The van der Waals surface area contributed by atoms with E-state index in [1.165, 1.54) is 30.0 Å². The largest absolute Gasteiger partial charge is 0.366 e. The number of nitrogens with zero attached hydrogens (tertiary/aromatic N) is 3. The van der Waals surface area contributed by atoms with Crippen molar-refractivity contribution in [3.8, 4) is 5.69 Å². The van der Waals surface area contributed by atoms with Crippen LogP contribution < -0.4 is 11.3 Å². The minimum Gasteiger partial charge on any atom is -0.366 e. The number of primary amides is 1. The number of rotatable bonds is 6. The van der Waals surface area contributed by atoms with Crippen LogP contribution in [0.5, 0.6) is 0 Å². The predicted molar refractivity (Wildman–Crippen MR) is 128 cm³/mol. The summed E-state index contributed by atoms with van der Waals surface area (Å²) in [5.74, 6) is -0.567. The van der Waals surface area contributed by atoms with Crippen LogP contribution in [0.25, 0.3) is 16.6 Å². The van der Waals surface area contributed by atoms with Crippen molar-refractivity contribution in [3.63, 3.8) is 0 Å². The summed E-state index contributed by atoms with van der Waals surface area (Å²) in [6.07, 6.45) is 0. The smallest absolute Gasteiger partial charge is 0.274 e. The van der Waals surface area contributed by atoms with E-state index in [4.69, 9.17) is 10.7 Å². The predicted octanol–water partition coefficient (Wildman–Crippen LogP) is 4.30. The van der Waals surface area contributed by atoms with Crippen molar-refractivity contribution in [1.82, 2.24) is 9.55 Å². The standard InChI is InChI=1S/C24H20N4O4S/c1-14-7-8-15(2)20(11-14)27-23(30)18-5-3-4-6-19(18)26-24(27)33-13-17-10-9-16(22(25)29)12-21(17)28(31)32/h3-12H,13H2,1-2H3,(H2,25,29). The van der Waals surface area contributed by atoms with Crippen LogP contribution in [0.4, 0.5) is 5.69 Å². The van der Waals surface area contributed by atoms with Crippen LogP contribution >= 0.6 is 11.8 Å². The second-order valence-electron chi connectivity index (χ2n) is 7.60. The van der Waals surface area contributed by atoms with Gasteiger partial charge in [-0.3, -0.25) is 24.3 Å². The molecule has 2 N–H and O–H groups in total. The number of para-hydroxylation sites is 1. The minimum absolute atomic E-state index is 0.0616. The minimum atomic E-state index is -0.739. The van der Waals surface area contributed by atoms with Gasteiger partial charge in [0.1, 0.15) is 0 Å². The van der Waals surface area contributed by atoms with Crippen LogP contribution in [0.3, 0.4) is 0 Å². The normalized spacial score (nSPS) is 11.0. The number of amides is 1. The summed E-state index contributed by atoms with van der Waals surface area (Å²) in [4.78, 5) is 40.6. The first-order valence-electron chi connectivity index (χ1n) is 10.1. The van der Waals surface area contributed by atoms with Crippen molar-refractivity contribution in [2.45, 2.75) is 24.8 Å². The molecule has 0 saturated heterocycles. The second kappa shape index (κ2) is 8.87. The summed E-state index contributed by atoms with van der Waals surface area (Å²) in [7, 11) is 0. The van der Waals surface area contributed by atoms with Gasteiger partial charge in [-0.2, -0.15) is 0 Å². The number of aryl methyl sites for hydroxylation is 2. The molecular formula is C24H20N4O4S. The van der Waals surface area contributed by atoms with E-state index < -0.39 is 10.8 Å². The van der Waals surface area contributed by atoms with Crippen molar-refractivity contribution >= 4 is 34.3 Å². The Morgan fingerprint density at radius 1 is 1.12 bits per heavy atom. The van der Waals surface area contributed by atoms with Crippen LogP contribution in [0.15, 0.2) is 70.6 Å². The van der Waals surface area contributed by atoms with E-state index in [-0.39, 0.29) is 22.6 Å². The van der Waals surface area contributed by atoms with Gasteiger partial charge in [0.05, 0.1) is 21.5 Å². The average Bonchev–Trinajstić information content (AvgIpc) is 2.79. The molecule has 0 aliphatic rings. The van der Waals surface area contributed by atoms with Gasteiger partial charge in [-0.05, 0) is 49.2 Å². The van der Waals surface area contributed by atoms with E-state index in [2.05, 4.69) is 0 Å². The quantitative estimate of drug-likeness (QED) is 0.198.